The molecule has 2 aromatic heterocycles. The van der Waals surface area contributed by atoms with Crippen LogP contribution in [0.2, 0.25) is 0 Å². The van der Waals surface area contributed by atoms with Gasteiger partial charge < -0.3 is 4.90 Å². The second kappa shape index (κ2) is 10.1. The van der Waals surface area contributed by atoms with E-state index in [1.807, 2.05) is 30.1 Å². The van der Waals surface area contributed by atoms with Crippen LogP contribution >= 0.6 is 0 Å². The highest BCUT2D eigenvalue weighted by atomic mass is 32.2. The van der Waals surface area contributed by atoms with Gasteiger partial charge in [0.05, 0.1) is 23.0 Å². The van der Waals surface area contributed by atoms with E-state index in [1.54, 1.807) is 24.3 Å². The predicted molar refractivity (Wildman–Crippen MR) is 124 cm³/mol. The monoisotopic (exact) mass is 455 g/mol. The van der Waals surface area contributed by atoms with Gasteiger partial charge in [-0.3, -0.25) is 14.3 Å². The largest absolute Gasteiger partial charge is 0.338 e. The lowest BCUT2D eigenvalue weighted by molar-refractivity contribution is 0.249. The van der Waals surface area contributed by atoms with E-state index in [9.17, 15) is 8.42 Å². The Balaban J connectivity index is 1.23. The Morgan fingerprint density at radius 3 is 2.31 bits per heavy atom. The first kappa shape index (κ1) is 22.2. The standard InChI is InChI=1S/C22H29N7O2S/c1-19-5-7-21(8-6-19)32(30,31)26-20-17-23-22(24-18-20)28-15-13-27(14-16-28)10-2-3-11-29-12-4-9-25-29/h4-9,12,17-18,26H,2-3,10-11,13-16H2,1H3. The average molecular weight is 456 g/mol. The zero-order valence-electron chi connectivity index (χ0n) is 18.3. The molecule has 0 atom stereocenters. The summed E-state index contributed by atoms with van der Waals surface area (Å²) in [6.07, 6.45) is 9.12. The Morgan fingerprint density at radius 1 is 0.969 bits per heavy atom. The van der Waals surface area contributed by atoms with Crippen molar-refractivity contribution in [2.75, 3.05) is 42.3 Å². The van der Waals surface area contributed by atoms with E-state index in [4.69, 9.17) is 0 Å². The van der Waals surface area contributed by atoms with Gasteiger partial charge in [-0.25, -0.2) is 18.4 Å². The highest BCUT2D eigenvalue weighted by Gasteiger charge is 2.19. The molecule has 0 unspecified atom stereocenters. The maximum absolute atomic E-state index is 12.5. The number of anilines is 2. The van der Waals surface area contributed by atoms with E-state index in [0.717, 1.165) is 57.7 Å². The van der Waals surface area contributed by atoms with Crippen LogP contribution in [0.15, 0.2) is 60.0 Å². The van der Waals surface area contributed by atoms with Crippen LogP contribution in [0, 0.1) is 6.92 Å². The molecule has 0 bridgehead atoms. The second-order valence-corrected chi connectivity index (χ2v) is 9.68. The fourth-order valence-corrected chi connectivity index (χ4v) is 4.71. The summed E-state index contributed by atoms with van der Waals surface area (Å²) >= 11 is 0. The molecule has 0 saturated carbocycles. The number of piperazine rings is 1. The van der Waals surface area contributed by atoms with Crippen molar-refractivity contribution in [1.29, 1.82) is 0 Å². The van der Waals surface area contributed by atoms with Gasteiger partial charge in [0.2, 0.25) is 5.95 Å². The Bertz CT molecular complexity index is 1080. The molecule has 10 heteroatoms. The van der Waals surface area contributed by atoms with Crippen molar-refractivity contribution < 1.29 is 8.42 Å². The van der Waals surface area contributed by atoms with Crippen LogP contribution in [0.1, 0.15) is 18.4 Å². The third-order valence-electron chi connectivity index (χ3n) is 5.55. The first-order valence-electron chi connectivity index (χ1n) is 10.9. The lowest BCUT2D eigenvalue weighted by atomic mass is 10.2. The van der Waals surface area contributed by atoms with E-state index >= 15 is 0 Å². The summed E-state index contributed by atoms with van der Waals surface area (Å²) in [6.45, 7) is 7.59. The van der Waals surface area contributed by atoms with Gasteiger partial charge in [-0.05, 0) is 44.5 Å². The predicted octanol–water partition coefficient (Wildman–Crippen LogP) is 2.38. The lowest BCUT2D eigenvalue weighted by Gasteiger charge is -2.34. The van der Waals surface area contributed by atoms with Gasteiger partial charge in [0.15, 0.2) is 0 Å². The van der Waals surface area contributed by atoms with Crippen molar-refractivity contribution in [3.05, 3.63) is 60.7 Å². The van der Waals surface area contributed by atoms with Crippen LogP contribution in [0.3, 0.4) is 0 Å². The maximum Gasteiger partial charge on any atom is 0.261 e. The quantitative estimate of drug-likeness (QED) is 0.495. The van der Waals surface area contributed by atoms with Gasteiger partial charge >= 0.3 is 0 Å². The smallest absolute Gasteiger partial charge is 0.261 e. The number of rotatable bonds is 9. The van der Waals surface area contributed by atoms with E-state index < -0.39 is 10.0 Å². The third-order valence-corrected chi connectivity index (χ3v) is 6.94. The zero-order chi connectivity index (χ0) is 22.4. The maximum atomic E-state index is 12.5. The molecular weight excluding hydrogens is 426 g/mol. The number of benzene rings is 1. The SMILES string of the molecule is Cc1ccc(S(=O)(=O)Nc2cnc(N3CCN(CCCCn4cccn4)CC3)nc2)cc1. The minimum Gasteiger partial charge on any atom is -0.338 e. The molecule has 1 N–H and O–H groups in total. The Hall–Kier alpha value is -2.98. The van der Waals surface area contributed by atoms with Crippen molar-refractivity contribution in [2.24, 2.45) is 0 Å². The molecule has 0 aliphatic carbocycles. The molecule has 0 amide bonds. The second-order valence-electron chi connectivity index (χ2n) is 8.00. The number of nitrogens with zero attached hydrogens (tertiary/aromatic N) is 6. The Kier molecular flexibility index (Phi) is 7.01. The Labute approximate surface area is 189 Å². The topological polar surface area (TPSA) is 96.2 Å². The molecule has 1 aromatic carbocycles. The average Bonchev–Trinajstić information content (AvgIpc) is 3.31. The zero-order valence-corrected chi connectivity index (χ0v) is 19.1. The molecule has 1 aliphatic heterocycles. The molecule has 1 fully saturated rings. The summed E-state index contributed by atoms with van der Waals surface area (Å²) in [7, 11) is -3.66. The van der Waals surface area contributed by atoms with Crippen molar-refractivity contribution in [3.63, 3.8) is 0 Å². The van der Waals surface area contributed by atoms with Gasteiger partial charge in [0, 0.05) is 45.1 Å². The van der Waals surface area contributed by atoms with E-state index in [-0.39, 0.29) is 4.90 Å². The molecule has 3 heterocycles. The van der Waals surface area contributed by atoms with Crippen LogP contribution in [0.25, 0.3) is 0 Å². The minimum atomic E-state index is -3.66. The lowest BCUT2D eigenvalue weighted by Crippen LogP contribution is -2.47. The molecule has 0 spiro atoms. The van der Waals surface area contributed by atoms with Crippen molar-refractivity contribution in [1.82, 2.24) is 24.6 Å². The molecule has 4 rings (SSSR count). The molecule has 1 aliphatic rings. The third kappa shape index (κ3) is 5.83. The first-order chi connectivity index (χ1) is 15.5. The molecule has 32 heavy (non-hydrogen) atoms. The molecule has 0 radical (unpaired) electrons. The van der Waals surface area contributed by atoms with Crippen molar-refractivity contribution >= 4 is 21.7 Å². The Morgan fingerprint density at radius 2 is 1.66 bits per heavy atom. The van der Waals surface area contributed by atoms with Gasteiger partial charge in [0.25, 0.3) is 10.0 Å². The van der Waals surface area contributed by atoms with Crippen LogP contribution in [0.5, 0.6) is 0 Å². The number of aryl methyl sites for hydroxylation is 2. The van der Waals surface area contributed by atoms with Crippen LogP contribution < -0.4 is 9.62 Å². The molecule has 1 saturated heterocycles. The normalized spacial score (nSPS) is 15.1. The number of hydrogen-bond acceptors (Lipinski definition) is 7. The summed E-state index contributed by atoms with van der Waals surface area (Å²) in [5.41, 5.74) is 1.36. The summed E-state index contributed by atoms with van der Waals surface area (Å²) in [5, 5.41) is 4.23. The summed E-state index contributed by atoms with van der Waals surface area (Å²) in [4.78, 5) is 13.6. The molecule has 170 valence electrons. The molecule has 9 nitrogen and oxygen atoms in total. The van der Waals surface area contributed by atoms with Crippen molar-refractivity contribution in [2.45, 2.75) is 31.2 Å². The van der Waals surface area contributed by atoms with E-state index in [2.05, 4.69) is 29.6 Å². The van der Waals surface area contributed by atoms with Gasteiger partial charge in [0.1, 0.15) is 0 Å². The van der Waals surface area contributed by atoms with E-state index in [1.165, 1.54) is 12.4 Å². The molecule has 3 aromatic rings. The molecular formula is C22H29N7O2S. The van der Waals surface area contributed by atoms with Gasteiger partial charge in [-0.1, -0.05) is 17.7 Å². The number of sulfonamides is 1. The highest BCUT2D eigenvalue weighted by Crippen LogP contribution is 2.17. The summed E-state index contributed by atoms with van der Waals surface area (Å²) in [5.74, 6) is 0.626. The number of hydrogen-bond donors (Lipinski definition) is 1. The summed E-state index contributed by atoms with van der Waals surface area (Å²) in [6, 6.07) is 8.67. The van der Waals surface area contributed by atoms with Gasteiger partial charge in [-0.15, -0.1) is 0 Å². The first-order valence-corrected chi connectivity index (χ1v) is 12.3. The highest BCUT2D eigenvalue weighted by molar-refractivity contribution is 7.92. The van der Waals surface area contributed by atoms with Crippen LogP contribution in [0.4, 0.5) is 11.6 Å². The van der Waals surface area contributed by atoms with E-state index in [0.29, 0.717) is 11.6 Å². The fourth-order valence-electron chi connectivity index (χ4n) is 3.68. The fraction of sp³-hybridized carbons (Fsp3) is 0.409. The number of unbranched alkanes of at least 4 members (excludes halogenated alkanes) is 1. The van der Waals surface area contributed by atoms with Crippen LogP contribution in [-0.2, 0) is 16.6 Å². The van der Waals surface area contributed by atoms with Crippen molar-refractivity contribution in [3.8, 4) is 0 Å². The number of nitrogens with one attached hydrogen (secondary N) is 1. The summed E-state index contributed by atoms with van der Waals surface area (Å²) < 4.78 is 29.6. The van der Waals surface area contributed by atoms with Gasteiger partial charge in [-0.2, -0.15) is 5.10 Å². The van der Waals surface area contributed by atoms with Crippen LogP contribution in [-0.4, -0.2) is 65.8 Å². The number of aromatic nitrogens is 4. The minimum absolute atomic E-state index is 0.216.